The van der Waals surface area contributed by atoms with E-state index in [4.69, 9.17) is 10.5 Å². The van der Waals surface area contributed by atoms with Crippen LogP contribution in [0.15, 0.2) is 18.8 Å². The van der Waals surface area contributed by atoms with Crippen LogP contribution in [0.25, 0.3) is 6.08 Å². The molecule has 0 unspecified atom stereocenters. The van der Waals surface area contributed by atoms with E-state index in [1.165, 1.54) is 0 Å². The summed E-state index contributed by atoms with van der Waals surface area (Å²) in [5.74, 6) is 0.489. The average molecular weight is 164 g/mol. The van der Waals surface area contributed by atoms with Crippen molar-refractivity contribution in [2.75, 3.05) is 12.3 Å². The zero-order chi connectivity index (χ0) is 8.97. The Morgan fingerprint density at radius 3 is 3.00 bits per heavy atom. The first-order chi connectivity index (χ1) is 5.77. The normalized spacial score (nSPS) is 9.42. The highest BCUT2D eigenvalue weighted by molar-refractivity contribution is 5.57. The summed E-state index contributed by atoms with van der Waals surface area (Å²) in [7, 11) is 0. The van der Waals surface area contributed by atoms with Gasteiger partial charge in [-0.3, -0.25) is 0 Å². The van der Waals surface area contributed by atoms with Gasteiger partial charge in [-0.2, -0.15) is 0 Å². The zero-order valence-electron chi connectivity index (χ0n) is 7.08. The van der Waals surface area contributed by atoms with Gasteiger partial charge in [0, 0.05) is 6.20 Å². The van der Waals surface area contributed by atoms with E-state index >= 15 is 0 Å². The molecule has 0 amide bonds. The Kier molecular flexibility index (Phi) is 2.69. The fourth-order valence-corrected chi connectivity index (χ4v) is 0.855. The van der Waals surface area contributed by atoms with Crippen LogP contribution in [0.2, 0.25) is 0 Å². The molecule has 0 bridgehead atoms. The molecule has 0 radical (unpaired) electrons. The van der Waals surface area contributed by atoms with Crippen molar-refractivity contribution in [2.45, 2.75) is 6.92 Å². The molecule has 1 aromatic heterocycles. The number of nitrogens with zero attached hydrogens (tertiary/aromatic N) is 1. The minimum absolute atomic E-state index is 0.489. The molecular weight excluding hydrogens is 152 g/mol. The van der Waals surface area contributed by atoms with Crippen LogP contribution in [0.4, 0.5) is 5.69 Å². The van der Waals surface area contributed by atoms with Gasteiger partial charge in [0.15, 0.2) is 0 Å². The number of hydrogen-bond donors (Lipinski definition) is 1. The molecule has 1 heterocycles. The van der Waals surface area contributed by atoms with Crippen molar-refractivity contribution in [3.05, 3.63) is 24.4 Å². The van der Waals surface area contributed by atoms with Crippen molar-refractivity contribution in [3.63, 3.8) is 0 Å². The molecule has 0 atom stereocenters. The van der Waals surface area contributed by atoms with E-state index < -0.39 is 0 Å². The number of ether oxygens (including phenoxy) is 1. The number of nitrogen functional groups attached to an aromatic ring is 1. The maximum Gasteiger partial charge on any atom is 0.237 e. The number of hydrogen-bond acceptors (Lipinski definition) is 3. The molecule has 0 saturated carbocycles. The highest BCUT2D eigenvalue weighted by Gasteiger charge is 2.00. The summed E-state index contributed by atoms with van der Waals surface area (Å²) in [6.45, 7) is 6.08. The van der Waals surface area contributed by atoms with E-state index in [2.05, 4.69) is 11.6 Å². The fraction of sp³-hybridized carbons (Fsp3) is 0.222. The SMILES string of the molecule is C=Cc1cnc(OCC)c(N)c1. The van der Waals surface area contributed by atoms with Crippen LogP contribution in [0.5, 0.6) is 5.88 Å². The second-order valence-corrected chi connectivity index (χ2v) is 2.30. The second-order valence-electron chi connectivity index (χ2n) is 2.30. The molecule has 0 aliphatic carbocycles. The third kappa shape index (κ3) is 1.75. The Hall–Kier alpha value is -1.51. The Balaban J connectivity index is 2.94. The number of pyridine rings is 1. The van der Waals surface area contributed by atoms with E-state index in [1.54, 1.807) is 18.3 Å². The summed E-state index contributed by atoms with van der Waals surface area (Å²) in [4.78, 5) is 4.02. The number of nitrogens with two attached hydrogens (primary N) is 1. The summed E-state index contributed by atoms with van der Waals surface area (Å²) in [6, 6.07) is 1.78. The third-order valence-corrected chi connectivity index (χ3v) is 1.42. The van der Waals surface area contributed by atoms with E-state index in [1.807, 2.05) is 6.92 Å². The predicted octanol–water partition coefficient (Wildman–Crippen LogP) is 1.71. The summed E-state index contributed by atoms with van der Waals surface area (Å²) < 4.78 is 5.17. The van der Waals surface area contributed by atoms with Gasteiger partial charge in [0.05, 0.1) is 12.3 Å². The Morgan fingerprint density at radius 1 is 1.75 bits per heavy atom. The van der Waals surface area contributed by atoms with Crippen LogP contribution in [0, 0.1) is 0 Å². The Bertz CT molecular complexity index is 284. The van der Waals surface area contributed by atoms with Gasteiger partial charge in [0.25, 0.3) is 0 Å². The maximum absolute atomic E-state index is 5.65. The van der Waals surface area contributed by atoms with Gasteiger partial charge in [-0.15, -0.1) is 0 Å². The van der Waals surface area contributed by atoms with E-state index in [0.717, 1.165) is 5.56 Å². The molecule has 0 saturated heterocycles. The number of anilines is 1. The van der Waals surface area contributed by atoms with Gasteiger partial charge in [-0.05, 0) is 18.6 Å². The van der Waals surface area contributed by atoms with Gasteiger partial charge in [0.1, 0.15) is 0 Å². The van der Waals surface area contributed by atoms with E-state index in [9.17, 15) is 0 Å². The molecule has 0 spiro atoms. The number of rotatable bonds is 3. The van der Waals surface area contributed by atoms with Crippen molar-refractivity contribution in [1.82, 2.24) is 4.98 Å². The predicted molar refractivity (Wildman–Crippen MR) is 49.9 cm³/mol. The molecule has 1 rings (SSSR count). The highest BCUT2D eigenvalue weighted by atomic mass is 16.5. The van der Waals surface area contributed by atoms with Crippen LogP contribution >= 0.6 is 0 Å². The quantitative estimate of drug-likeness (QED) is 0.739. The van der Waals surface area contributed by atoms with Gasteiger partial charge >= 0.3 is 0 Å². The Labute approximate surface area is 71.9 Å². The first-order valence-electron chi connectivity index (χ1n) is 3.78. The van der Waals surface area contributed by atoms with Crippen molar-refractivity contribution >= 4 is 11.8 Å². The zero-order valence-corrected chi connectivity index (χ0v) is 7.08. The van der Waals surface area contributed by atoms with Crippen LogP contribution in [0.1, 0.15) is 12.5 Å². The molecule has 3 heteroatoms. The van der Waals surface area contributed by atoms with E-state index in [0.29, 0.717) is 18.2 Å². The van der Waals surface area contributed by atoms with Gasteiger partial charge in [-0.1, -0.05) is 12.7 Å². The lowest BCUT2D eigenvalue weighted by Crippen LogP contribution is -1.99. The van der Waals surface area contributed by atoms with E-state index in [-0.39, 0.29) is 0 Å². The summed E-state index contributed by atoms with van der Waals surface area (Å²) in [6.07, 6.45) is 3.37. The lowest BCUT2D eigenvalue weighted by Gasteiger charge is -2.04. The first kappa shape index (κ1) is 8.59. The molecule has 2 N–H and O–H groups in total. The summed E-state index contributed by atoms with van der Waals surface area (Å²) in [5, 5.41) is 0. The van der Waals surface area contributed by atoms with Crippen molar-refractivity contribution < 1.29 is 4.74 Å². The molecule has 12 heavy (non-hydrogen) atoms. The molecule has 64 valence electrons. The monoisotopic (exact) mass is 164 g/mol. The molecule has 0 aromatic carbocycles. The summed E-state index contributed by atoms with van der Waals surface area (Å²) >= 11 is 0. The lowest BCUT2D eigenvalue weighted by atomic mass is 10.2. The van der Waals surface area contributed by atoms with Crippen LogP contribution in [0.3, 0.4) is 0 Å². The number of aromatic nitrogens is 1. The smallest absolute Gasteiger partial charge is 0.237 e. The van der Waals surface area contributed by atoms with Crippen molar-refractivity contribution in [1.29, 1.82) is 0 Å². The fourth-order valence-electron chi connectivity index (χ4n) is 0.855. The van der Waals surface area contributed by atoms with Crippen LogP contribution in [-0.2, 0) is 0 Å². The Morgan fingerprint density at radius 2 is 2.50 bits per heavy atom. The van der Waals surface area contributed by atoms with Crippen LogP contribution in [-0.4, -0.2) is 11.6 Å². The van der Waals surface area contributed by atoms with Gasteiger partial charge in [-0.25, -0.2) is 4.98 Å². The summed E-state index contributed by atoms with van der Waals surface area (Å²) in [5.41, 5.74) is 7.10. The lowest BCUT2D eigenvalue weighted by molar-refractivity contribution is 0.329. The highest BCUT2D eigenvalue weighted by Crippen LogP contribution is 2.18. The van der Waals surface area contributed by atoms with Gasteiger partial charge < -0.3 is 10.5 Å². The topological polar surface area (TPSA) is 48.1 Å². The second kappa shape index (κ2) is 3.76. The average Bonchev–Trinajstić information content (AvgIpc) is 2.09. The molecule has 3 nitrogen and oxygen atoms in total. The van der Waals surface area contributed by atoms with Crippen molar-refractivity contribution in [3.8, 4) is 5.88 Å². The molecule has 0 aliphatic rings. The minimum Gasteiger partial charge on any atom is -0.477 e. The van der Waals surface area contributed by atoms with Gasteiger partial charge in [0.2, 0.25) is 5.88 Å². The van der Waals surface area contributed by atoms with Crippen LogP contribution < -0.4 is 10.5 Å². The molecular formula is C9H12N2O. The first-order valence-corrected chi connectivity index (χ1v) is 3.78. The third-order valence-electron chi connectivity index (χ3n) is 1.42. The molecule has 1 aromatic rings. The minimum atomic E-state index is 0.489. The largest absolute Gasteiger partial charge is 0.477 e. The maximum atomic E-state index is 5.65. The molecule has 0 aliphatic heterocycles. The van der Waals surface area contributed by atoms with Crippen molar-refractivity contribution in [2.24, 2.45) is 0 Å². The molecule has 0 fully saturated rings. The standard InChI is InChI=1S/C9H12N2O/c1-3-7-5-8(10)9(11-6-7)12-4-2/h3,5-6H,1,4,10H2,2H3.